The van der Waals surface area contributed by atoms with Crippen LogP contribution in [0.15, 0.2) is 18.2 Å². The summed E-state index contributed by atoms with van der Waals surface area (Å²) in [7, 11) is 3.21. The molecule has 0 spiro atoms. The van der Waals surface area contributed by atoms with Crippen molar-refractivity contribution < 1.29 is 14.3 Å². The Morgan fingerprint density at radius 1 is 1.26 bits per heavy atom. The van der Waals surface area contributed by atoms with Crippen molar-refractivity contribution in [3.63, 3.8) is 0 Å². The van der Waals surface area contributed by atoms with Crippen LogP contribution in [0.25, 0.3) is 0 Å². The summed E-state index contributed by atoms with van der Waals surface area (Å²) in [5.74, 6) is 1.41. The lowest BCUT2D eigenvalue weighted by Crippen LogP contribution is -2.44. The van der Waals surface area contributed by atoms with Gasteiger partial charge in [0.2, 0.25) is 5.91 Å². The molecule has 130 valence electrons. The molecule has 1 unspecified atom stereocenters. The van der Waals surface area contributed by atoms with Crippen molar-refractivity contribution in [3.05, 3.63) is 23.8 Å². The highest BCUT2D eigenvalue weighted by Gasteiger charge is 2.40. The average Bonchev–Trinajstić information content (AvgIpc) is 3.04. The molecular weight excluding hydrogens is 316 g/mol. The number of hydrogen-bond donors (Lipinski definition) is 2. The second-order valence-electron chi connectivity index (χ2n) is 6.00. The SMILES string of the molecule is COc1ccc(C(C)NC(=O)C2(CN)CCCC2)cc1OC.Cl. The molecule has 1 aromatic rings. The number of methoxy groups -OCH3 is 2. The van der Waals surface area contributed by atoms with Crippen LogP contribution in [0, 0.1) is 5.41 Å². The van der Waals surface area contributed by atoms with E-state index in [2.05, 4.69) is 5.32 Å². The van der Waals surface area contributed by atoms with Gasteiger partial charge in [-0.25, -0.2) is 0 Å². The second kappa shape index (κ2) is 8.41. The van der Waals surface area contributed by atoms with Crippen molar-refractivity contribution in [2.75, 3.05) is 20.8 Å². The third kappa shape index (κ3) is 4.09. The Hall–Kier alpha value is -1.46. The third-order valence-corrected chi connectivity index (χ3v) is 4.69. The largest absolute Gasteiger partial charge is 0.493 e. The summed E-state index contributed by atoms with van der Waals surface area (Å²) in [6.07, 6.45) is 3.92. The van der Waals surface area contributed by atoms with Crippen molar-refractivity contribution in [1.82, 2.24) is 5.32 Å². The highest BCUT2D eigenvalue weighted by molar-refractivity contribution is 5.85. The number of carbonyl (C=O) groups excluding carboxylic acids is 1. The maximum atomic E-state index is 12.6. The van der Waals surface area contributed by atoms with E-state index in [0.717, 1.165) is 31.2 Å². The summed E-state index contributed by atoms with van der Waals surface area (Å²) in [6, 6.07) is 5.59. The molecule has 1 aliphatic carbocycles. The predicted octanol–water partition coefficient (Wildman–Crippen LogP) is 2.82. The molecule has 5 nitrogen and oxygen atoms in total. The first-order chi connectivity index (χ1) is 10.6. The Balaban J connectivity index is 0.00000264. The summed E-state index contributed by atoms with van der Waals surface area (Å²) < 4.78 is 10.6. The maximum Gasteiger partial charge on any atom is 0.227 e. The lowest BCUT2D eigenvalue weighted by Gasteiger charge is -2.28. The lowest BCUT2D eigenvalue weighted by atomic mass is 9.85. The number of ether oxygens (including phenoxy) is 2. The first kappa shape index (κ1) is 19.6. The molecule has 1 amide bonds. The van der Waals surface area contributed by atoms with Crippen LogP contribution in [0.2, 0.25) is 0 Å². The van der Waals surface area contributed by atoms with Gasteiger partial charge in [0, 0.05) is 6.54 Å². The lowest BCUT2D eigenvalue weighted by molar-refractivity contribution is -0.131. The molecule has 0 aromatic heterocycles. The molecule has 23 heavy (non-hydrogen) atoms. The van der Waals surface area contributed by atoms with Crippen molar-refractivity contribution in [3.8, 4) is 11.5 Å². The monoisotopic (exact) mass is 342 g/mol. The van der Waals surface area contributed by atoms with Gasteiger partial charge in [-0.15, -0.1) is 12.4 Å². The fourth-order valence-electron chi connectivity index (χ4n) is 3.13. The van der Waals surface area contributed by atoms with Crippen molar-refractivity contribution in [2.45, 2.75) is 38.6 Å². The van der Waals surface area contributed by atoms with Crippen molar-refractivity contribution in [2.24, 2.45) is 11.1 Å². The van der Waals surface area contributed by atoms with Gasteiger partial charge < -0.3 is 20.5 Å². The van der Waals surface area contributed by atoms with Crippen LogP contribution < -0.4 is 20.5 Å². The van der Waals surface area contributed by atoms with E-state index in [0.29, 0.717) is 18.0 Å². The molecule has 1 atom stereocenters. The number of nitrogens with two attached hydrogens (primary N) is 1. The zero-order valence-electron chi connectivity index (χ0n) is 14.1. The van der Waals surface area contributed by atoms with E-state index in [4.69, 9.17) is 15.2 Å². The molecule has 2 rings (SSSR count). The highest BCUT2D eigenvalue weighted by atomic mass is 35.5. The molecule has 1 aliphatic rings. The van der Waals surface area contributed by atoms with Crippen LogP contribution in [0.1, 0.15) is 44.2 Å². The molecule has 0 bridgehead atoms. The molecule has 0 radical (unpaired) electrons. The quantitative estimate of drug-likeness (QED) is 0.833. The number of nitrogens with one attached hydrogen (secondary N) is 1. The fourth-order valence-corrected chi connectivity index (χ4v) is 3.13. The molecule has 0 heterocycles. The zero-order chi connectivity index (χ0) is 16.2. The van der Waals surface area contributed by atoms with Gasteiger partial charge in [0.05, 0.1) is 25.7 Å². The zero-order valence-corrected chi connectivity index (χ0v) is 14.9. The predicted molar refractivity (Wildman–Crippen MR) is 93.3 cm³/mol. The first-order valence-electron chi connectivity index (χ1n) is 7.79. The Morgan fingerprint density at radius 3 is 2.39 bits per heavy atom. The second-order valence-corrected chi connectivity index (χ2v) is 6.00. The Kier molecular flexibility index (Phi) is 7.16. The van der Waals surface area contributed by atoms with E-state index in [1.54, 1.807) is 14.2 Å². The van der Waals surface area contributed by atoms with Gasteiger partial charge in [-0.2, -0.15) is 0 Å². The van der Waals surface area contributed by atoms with Gasteiger partial charge in [-0.1, -0.05) is 18.9 Å². The summed E-state index contributed by atoms with van der Waals surface area (Å²) in [5.41, 5.74) is 6.47. The summed E-state index contributed by atoms with van der Waals surface area (Å²) in [4.78, 5) is 12.6. The van der Waals surface area contributed by atoms with E-state index in [9.17, 15) is 4.79 Å². The molecule has 3 N–H and O–H groups in total. The van der Waals surface area contributed by atoms with Crippen molar-refractivity contribution >= 4 is 18.3 Å². The van der Waals surface area contributed by atoms with Crippen LogP contribution >= 0.6 is 12.4 Å². The number of amides is 1. The summed E-state index contributed by atoms with van der Waals surface area (Å²) in [5, 5.41) is 3.10. The number of halogens is 1. The van der Waals surface area contributed by atoms with E-state index in [1.165, 1.54) is 0 Å². The van der Waals surface area contributed by atoms with Gasteiger partial charge in [-0.05, 0) is 37.5 Å². The first-order valence-corrected chi connectivity index (χ1v) is 7.79. The molecule has 1 saturated carbocycles. The van der Waals surface area contributed by atoms with E-state index >= 15 is 0 Å². The van der Waals surface area contributed by atoms with Crippen LogP contribution in [-0.4, -0.2) is 26.7 Å². The minimum Gasteiger partial charge on any atom is -0.493 e. The topological polar surface area (TPSA) is 73.6 Å². The van der Waals surface area contributed by atoms with Crippen LogP contribution in [0.4, 0.5) is 0 Å². The van der Waals surface area contributed by atoms with Crippen LogP contribution in [0.5, 0.6) is 11.5 Å². The number of benzene rings is 1. The fraction of sp³-hybridized carbons (Fsp3) is 0.588. The van der Waals surface area contributed by atoms with E-state index < -0.39 is 0 Å². The minimum absolute atomic E-state index is 0. The van der Waals surface area contributed by atoms with Crippen LogP contribution in [-0.2, 0) is 4.79 Å². The maximum absolute atomic E-state index is 12.6. The van der Waals surface area contributed by atoms with Crippen LogP contribution in [0.3, 0.4) is 0 Å². The number of rotatable bonds is 6. The Morgan fingerprint density at radius 2 is 1.87 bits per heavy atom. The van der Waals surface area contributed by atoms with Gasteiger partial charge in [0.25, 0.3) is 0 Å². The van der Waals surface area contributed by atoms with Gasteiger partial charge in [-0.3, -0.25) is 4.79 Å². The number of hydrogen-bond acceptors (Lipinski definition) is 4. The Bertz CT molecular complexity index is 531. The molecule has 1 aromatic carbocycles. The molecule has 0 aliphatic heterocycles. The van der Waals surface area contributed by atoms with Gasteiger partial charge >= 0.3 is 0 Å². The number of carbonyl (C=O) groups is 1. The van der Waals surface area contributed by atoms with Gasteiger partial charge in [0.1, 0.15) is 0 Å². The van der Waals surface area contributed by atoms with Gasteiger partial charge in [0.15, 0.2) is 11.5 Å². The average molecular weight is 343 g/mol. The molecule has 1 fully saturated rings. The van der Waals surface area contributed by atoms with E-state index in [-0.39, 0.29) is 29.8 Å². The van der Waals surface area contributed by atoms with E-state index in [1.807, 2.05) is 25.1 Å². The smallest absolute Gasteiger partial charge is 0.227 e. The molecule has 0 saturated heterocycles. The van der Waals surface area contributed by atoms with Crippen molar-refractivity contribution in [1.29, 1.82) is 0 Å². The normalized spacial score (nSPS) is 17.0. The summed E-state index contributed by atoms with van der Waals surface area (Å²) in [6.45, 7) is 2.38. The third-order valence-electron chi connectivity index (χ3n) is 4.69. The molecular formula is C17H27ClN2O3. The summed E-state index contributed by atoms with van der Waals surface area (Å²) >= 11 is 0. The Labute approximate surface area is 144 Å². The molecule has 6 heteroatoms. The standard InChI is InChI=1S/C17H26N2O3.ClH/c1-12(13-6-7-14(21-2)15(10-13)22-3)19-16(20)17(11-18)8-4-5-9-17;/h6-7,10,12H,4-5,8-9,11,18H2,1-3H3,(H,19,20);1H. The highest BCUT2D eigenvalue weighted by Crippen LogP contribution is 2.38. The minimum atomic E-state index is -0.384.